The number of likely N-dealkylation sites (tertiary alicyclic amines) is 1. The summed E-state index contributed by atoms with van der Waals surface area (Å²) in [6.45, 7) is 7.85. The highest BCUT2D eigenvalue weighted by atomic mass is 19.4. The van der Waals surface area contributed by atoms with Gasteiger partial charge < -0.3 is 19.7 Å². The van der Waals surface area contributed by atoms with Crippen LogP contribution >= 0.6 is 0 Å². The molecule has 1 saturated heterocycles. The van der Waals surface area contributed by atoms with Crippen molar-refractivity contribution in [3.05, 3.63) is 83.1 Å². The van der Waals surface area contributed by atoms with Crippen molar-refractivity contribution in [2.75, 3.05) is 7.11 Å². The first kappa shape index (κ1) is 31.3. The zero-order valence-corrected chi connectivity index (χ0v) is 24.5. The second kappa shape index (κ2) is 11.9. The predicted molar refractivity (Wildman–Crippen MR) is 149 cm³/mol. The molecule has 2 aromatic rings. The Morgan fingerprint density at radius 2 is 1.74 bits per heavy atom. The van der Waals surface area contributed by atoms with Crippen LogP contribution in [-0.2, 0) is 43.1 Å². The topological polar surface area (TPSA) is 84.9 Å². The van der Waals surface area contributed by atoms with Crippen molar-refractivity contribution in [1.82, 2.24) is 10.2 Å². The zero-order chi connectivity index (χ0) is 30.9. The molecule has 0 unspecified atom stereocenters. The lowest BCUT2D eigenvalue weighted by molar-refractivity contribution is -0.180. The summed E-state index contributed by atoms with van der Waals surface area (Å²) in [5.41, 5.74) is -0.865. The first-order valence-corrected chi connectivity index (χ1v) is 13.9. The summed E-state index contributed by atoms with van der Waals surface area (Å²) < 4.78 is 51.0. The Labute approximate surface area is 244 Å². The van der Waals surface area contributed by atoms with Gasteiger partial charge in [-0.1, -0.05) is 63.2 Å². The van der Waals surface area contributed by atoms with Crippen LogP contribution < -0.4 is 5.32 Å². The minimum absolute atomic E-state index is 0.00929. The maximum Gasteiger partial charge on any atom is 0.416 e. The standard InChI is InChI=1S/C32H37F3N2O5/c1-20-31(29(40)41-5)17-23(15-27(38)36-18-22-12-9-13-24(14-22)32(33,34)35)28(39)37(19-21-10-7-6-8-11-21)25(31)16-26(42-20)30(2,3)4/h6-14,16,20,23,26H,15,17-19H2,1-5H3,(H,36,38)/t20-,23+,26-,31+/m1/s1. The van der Waals surface area contributed by atoms with Crippen molar-refractivity contribution in [3.63, 3.8) is 0 Å². The molecule has 10 heteroatoms. The van der Waals surface area contributed by atoms with E-state index in [-0.39, 0.29) is 42.8 Å². The molecule has 0 bridgehead atoms. The summed E-state index contributed by atoms with van der Waals surface area (Å²) in [6, 6.07) is 14.0. The molecule has 1 fully saturated rings. The van der Waals surface area contributed by atoms with E-state index in [9.17, 15) is 27.6 Å². The largest absolute Gasteiger partial charge is 0.468 e. The average Bonchev–Trinajstić information content (AvgIpc) is 2.93. The minimum atomic E-state index is -4.51. The maximum atomic E-state index is 14.1. The Morgan fingerprint density at radius 3 is 2.36 bits per heavy atom. The molecular weight excluding hydrogens is 549 g/mol. The number of benzene rings is 2. The van der Waals surface area contributed by atoms with Crippen molar-refractivity contribution in [3.8, 4) is 0 Å². The van der Waals surface area contributed by atoms with E-state index in [1.807, 2.05) is 57.2 Å². The van der Waals surface area contributed by atoms with Gasteiger partial charge in [-0.15, -0.1) is 0 Å². The van der Waals surface area contributed by atoms with Crippen LogP contribution in [0.4, 0.5) is 13.2 Å². The summed E-state index contributed by atoms with van der Waals surface area (Å²) in [5.74, 6) is -2.30. The number of nitrogens with zero attached hydrogens (tertiary/aromatic N) is 1. The van der Waals surface area contributed by atoms with Crippen molar-refractivity contribution in [2.45, 2.75) is 72.0 Å². The highest BCUT2D eigenvalue weighted by Crippen LogP contribution is 2.52. The van der Waals surface area contributed by atoms with E-state index < -0.39 is 47.2 Å². The van der Waals surface area contributed by atoms with Gasteiger partial charge in [0.1, 0.15) is 5.41 Å². The SMILES string of the molecule is COC(=O)[C@]12C[C@H](CC(=O)NCc3cccc(C(F)(F)F)c3)C(=O)N(Cc3ccccc3)C1=C[C@H](C(C)(C)C)O[C@@H]2C. The Morgan fingerprint density at radius 1 is 1.07 bits per heavy atom. The number of rotatable bonds is 7. The van der Waals surface area contributed by atoms with E-state index in [1.54, 1.807) is 11.8 Å². The van der Waals surface area contributed by atoms with Gasteiger partial charge in [0.2, 0.25) is 11.8 Å². The van der Waals surface area contributed by atoms with Gasteiger partial charge in [0.15, 0.2) is 0 Å². The van der Waals surface area contributed by atoms with Crippen LogP contribution in [0.25, 0.3) is 0 Å². The van der Waals surface area contributed by atoms with Crippen molar-refractivity contribution < 1.29 is 37.0 Å². The van der Waals surface area contributed by atoms with Crippen molar-refractivity contribution >= 4 is 17.8 Å². The third-order valence-corrected chi connectivity index (χ3v) is 8.05. The molecule has 42 heavy (non-hydrogen) atoms. The first-order valence-electron chi connectivity index (χ1n) is 13.9. The number of halogens is 3. The second-order valence-electron chi connectivity index (χ2n) is 12.1. The fourth-order valence-electron chi connectivity index (χ4n) is 5.73. The maximum absolute atomic E-state index is 14.1. The van der Waals surface area contributed by atoms with Gasteiger partial charge in [-0.25, -0.2) is 0 Å². The van der Waals surface area contributed by atoms with E-state index in [4.69, 9.17) is 9.47 Å². The number of hydrogen-bond donors (Lipinski definition) is 1. The monoisotopic (exact) mass is 586 g/mol. The number of carbonyl (C=O) groups is 3. The molecule has 2 heterocycles. The molecule has 226 valence electrons. The van der Waals surface area contributed by atoms with Crippen LogP contribution in [0.3, 0.4) is 0 Å². The molecule has 4 atom stereocenters. The van der Waals surface area contributed by atoms with Crippen molar-refractivity contribution in [2.24, 2.45) is 16.7 Å². The lowest BCUT2D eigenvalue weighted by Gasteiger charge is -2.53. The number of piperidine rings is 1. The third-order valence-electron chi connectivity index (χ3n) is 8.05. The number of esters is 1. The van der Waals surface area contributed by atoms with Gasteiger partial charge in [0.25, 0.3) is 0 Å². The van der Waals surface area contributed by atoms with E-state index in [0.29, 0.717) is 5.70 Å². The molecule has 7 nitrogen and oxygen atoms in total. The van der Waals surface area contributed by atoms with Gasteiger partial charge in [0, 0.05) is 24.6 Å². The van der Waals surface area contributed by atoms with E-state index in [1.165, 1.54) is 19.2 Å². The smallest absolute Gasteiger partial charge is 0.416 e. The second-order valence-corrected chi connectivity index (χ2v) is 12.1. The highest BCUT2D eigenvalue weighted by Gasteiger charge is 2.60. The molecule has 0 aromatic heterocycles. The van der Waals surface area contributed by atoms with Crippen molar-refractivity contribution in [1.29, 1.82) is 0 Å². The molecule has 0 radical (unpaired) electrons. The summed E-state index contributed by atoms with van der Waals surface area (Å²) in [5, 5.41) is 2.64. The fraction of sp³-hybridized carbons (Fsp3) is 0.469. The molecule has 2 aliphatic heterocycles. The fourth-order valence-corrected chi connectivity index (χ4v) is 5.73. The van der Waals surface area contributed by atoms with Gasteiger partial charge in [-0.3, -0.25) is 14.4 Å². The number of amides is 2. The Hall–Kier alpha value is -3.66. The first-order chi connectivity index (χ1) is 19.7. The lowest BCUT2D eigenvalue weighted by atomic mass is 9.65. The number of ether oxygens (including phenoxy) is 2. The molecular formula is C32H37F3N2O5. The molecule has 0 spiro atoms. The Balaban J connectivity index is 1.66. The van der Waals surface area contributed by atoms with Crippen LogP contribution in [0, 0.1) is 16.7 Å². The van der Waals surface area contributed by atoms with Crippen LogP contribution in [0.1, 0.15) is 57.2 Å². The molecule has 0 saturated carbocycles. The molecule has 1 N–H and O–H groups in total. The molecule has 0 aliphatic carbocycles. The number of carbonyl (C=O) groups excluding carboxylic acids is 3. The summed E-state index contributed by atoms with van der Waals surface area (Å²) >= 11 is 0. The van der Waals surface area contributed by atoms with E-state index >= 15 is 0 Å². The number of nitrogens with one attached hydrogen (secondary N) is 1. The average molecular weight is 587 g/mol. The molecule has 2 aliphatic rings. The molecule has 2 amide bonds. The highest BCUT2D eigenvalue weighted by molar-refractivity contribution is 5.92. The van der Waals surface area contributed by atoms with Gasteiger partial charge in [-0.2, -0.15) is 13.2 Å². The summed E-state index contributed by atoms with van der Waals surface area (Å²) in [6.07, 6.45) is -4.00. The number of methoxy groups -OCH3 is 1. The number of hydrogen-bond acceptors (Lipinski definition) is 5. The quantitative estimate of drug-likeness (QED) is 0.425. The van der Waals surface area contributed by atoms with Crippen LogP contribution in [0.5, 0.6) is 0 Å². The van der Waals surface area contributed by atoms with Gasteiger partial charge in [0.05, 0.1) is 31.4 Å². The van der Waals surface area contributed by atoms with Crippen LogP contribution in [0.2, 0.25) is 0 Å². The van der Waals surface area contributed by atoms with E-state index in [0.717, 1.165) is 17.7 Å². The molecule has 2 aromatic carbocycles. The normalized spacial score (nSPS) is 24.5. The third kappa shape index (κ3) is 6.38. The van der Waals surface area contributed by atoms with E-state index in [2.05, 4.69) is 5.32 Å². The Bertz CT molecular complexity index is 1350. The lowest BCUT2D eigenvalue weighted by Crippen LogP contribution is -2.60. The van der Waals surface area contributed by atoms with Crippen LogP contribution in [0.15, 0.2) is 66.4 Å². The minimum Gasteiger partial charge on any atom is -0.468 e. The molecule has 4 rings (SSSR count). The number of fused-ring (bicyclic) bond motifs is 1. The van der Waals surface area contributed by atoms with Gasteiger partial charge >= 0.3 is 12.1 Å². The predicted octanol–water partition coefficient (Wildman–Crippen LogP) is 5.64. The van der Waals surface area contributed by atoms with Gasteiger partial charge in [-0.05, 0) is 48.1 Å². The zero-order valence-electron chi connectivity index (χ0n) is 24.5. The number of alkyl halides is 3. The van der Waals surface area contributed by atoms with Crippen LogP contribution in [-0.4, -0.2) is 42.0 Å². The Kier molecular flexibility index (Phi) is 8.87. The summed E-state index contributed by atoms with van der Waals surface area (Å²) in [7, 11) is 1.28. The summed E-state index contributed by atoms with van der Waals surface area (Å²) in [4.78, 5) is 42.3.